The molecule has 22 heavy (non-hydrogen) atoms. The first-order valence-corrected chi connectivity index (χ1v) is 6.86. The zero-order valence-electron chi connectivity index (χ0n) is 12.1. The van der Waals surface area contributed by atoms with Crippen LogP contribution in [0.25, 0.3) is 0 Å². The Kier molecular flexibility index (Phi) is 5.87. The van der Waals surface area contributed by atoms with Crippen LogP contribution < -0.4 is 5.32 Å². The molecule has 0 spiro atoms. The Morgan fingerprint density at radius 3 is 2.27 bits per heavy atom. The summed E-state index contributed by atoms with van der Waals surface area (Å²) < 4.78 is 38.9. The van der Waals surface area contributed by atoms with Gasteiger partial charge in [0.1, 0.15) is 6.04 Å². The predicted octanol–water partition coefficient (Wildman–Crippen LogP) is 3.94. The van der Waals surface area contributed by atoms with Crippen molar-refractivity contribution in [2.75, 3.05) is 0 Å². The van der Waals surface area contributed by atoms with E-state index in [0.29, 0.717) is 0 Å². The molecule has 2 atom stereocenters. The van der Waals surface area contributed by atoms with Gasteiger partial charge in [-0.2, -0.15) is 13.2 Å². The van der Waals surface area contributed by atoms with Crippen molar-refractivity contribution in [3.8, 4) is 0 Å². The average molecular weight is 338 g/mol. The molecule has 0 bridgehead atoms. The maximum Gasteiger partial charge on any atom is 0.394 e. The molecule has 1 aliphatic rings. The summed E-state index contributed by atoms with van der Waals surface area (Å²) in [6.07, 6.45) is -4.72. The van der Waals surface area contributed by atoms with Crippen molar-refractivity contribution in [3.63, 3.8) is 0 Å². The van der Waals surface area contributed by atoms with Gasteiger partial charge in [0, 0.05) is 6.04 Å². The van der Waals surface area contributed by atoms with Crippen LogP contribution in [0.4, 0.5) is 13.2 Å². The number of benzene rings is 1. The molecule has 0 saturated heterocycles. The SMILES string of the molecule is C[C@@H](N[C@H](CC1(C(F)(F)F)CC1)C(=O)O)c1ccccc1.Cl. The lowest BCUT2D eigenvalue weighted by molar-refractivity contribution is -0.191. The number of hydrogen-bond acceptors (Lipinski definition) is 2. The van der Waals surface area contributed by atoms with E-state index in [1.165, 1.54) is 0 Å². The van der Waals surface area contributed by atoms with E-state index in [2.05, 4.69) is 5.32 Å². The number of halogens is 4. The topological polar surface area (TPSA) is 49.3 Å². The molecule has 1 saturated carbocycles. The number of rotatable bonds is 6. The first-order chi connectivity index (χ1) is 9.75. The third kappa shape index (κ3) is 4.14. The highest BCUT2D eigenvalue weighted by Crippen LogP contribution is 2.60. The number of nitrogens with one attached hydrogen (secondary N) is 1. The Hall–Kier alpha value is -1.27. The van der Waals surface area contributed by atoms with Crippen molar-refractivity contribution >= 4 is 18.4 Å². The highest BCUT2D eigenvalue weighted by Gasteiger charge is 2.63. The van der Waals surface area contributed by atoms with Gasteiger partial charge in [0.25, 0.3) is 0 Å². The van der Waals surface area contributed by atoms with Crippen LogP contribution in [0.2, 0.25) is 0 Å². The standard InChI is InChI=1S/C15H18F3NO2.ClH/c1-10(11-5-3-2-4-6-11)19-12(13(20)21)9-14(7-8-14)15(16,17)18;/h2-6,10,12,19H,7-9H2,1H3,(H,20,21);1H/t10-,12-;/m1./s1. The van der Waals surface area contributed by atoms with Crippen LogP contribution in [0.15, 0.2) is 30.3 Å². The van der Waals surface area contributed by atoms with Crippen LogP contribution in [0.3, 0.4) is 0 Å². The summed E-state index contributed by atoms with van der Waals surface area (Å²) in [7, 11) is 0. The first kappa shape index (κ1) is 18.8. The Morgan fingerprint density at radius 1 is 1.32 bits per heavy atom. The zero-order valence-corrected chi connectivity index (χ0v) is 12.9. The van der Waals surface area contributed by atoms with E-state index in [0.717, 1.165) is 5.56 Å². The molecule has 1 fully saturated rings. The minimum absolute atomic E-state index is 0. The van der Waals surface area contributed by atoms with Crippen molar-refractivity contribution in [1.29, 1.82) is 0 Å². The first-order valence-electron chi connectivity index (χ1n) is 6.86. The van der Waals surface area contributed by atoms with Gasteiger partial charge in [0.2, 0.25) is 0 Å². The third-order valence-electron chi connectivity index (χ3n) is 4.10. The number of carbonyl (C=O) groups is 1. The normalized spacial score (nSPS) is 18.9. The van der Waals surface area contributed by atoms with Gasteiger partial charge in [-0.3, -0.25) is 10.1 Å². The van der Waals surface area contributed by atoms with Gasteiger partial charge in [-0.05, 0) is 31.7 Å². The van der Waals surface area contributed by atoms with Gasteiger partial charge in [-0.25, -0.2) is 0 Å². The summed E-state index contributed by atoms with van der Waals surface area (Å²) in [5, 5.41) is 12.0. The summed E-state index contributed by atoms with van der Waals surface area (Å²) in [6.45, 7) is 1.75. The minimum atomic E-state index is -4.33. The summed E-state index contributed by atoms with van der Waals surface area (Å²) in [6, 6.07) is 7.54. The van der Waals surface area contributed by atoms with Gasteiger partial charge in [0.05, 0.1) is 5.41 Å². The molecule has 0 aliphatic heterocycles. The molecule has 0 aromatic heterocycles. The Bertz CT molecular complexity index is 503. The van der Waals surface area contributed by atoms with E-state index in [-0.39, 0.29) is 31.3 Å². The number of aliphatic carboxylic acids is 1. The number of alkyl halides is 3. The Labute approximate surface area is 133 Å². The highest BCUT2D eigenvalue weighted by molar-refractivity contribution is 5.85. The van der Waals surface area contributed by atoms with E-state index in [4.69, 9.17) is 0 Å². The van der Waals surface area contributed by atoms with Crippen molar-refractivity contribution in [3.05, 3.63) is 35.9 Å². The van der Waals surface area contributed by atoms with E-state index in [9.17, 15) is 23.1 Å². The number of carboxylic acid groups (broad SMARTS) is 1. The van der Waals surface area contributed by atoms with E-state index >= 15 is 0 Å². The Balaban J connectivity index is 0.00000242. The number of carboxylic acids is 1. The fourth-order valence-electron chi connectivity index (χ4n) is 2.50. The van der Waals surface area contributed by atoms with Crippen LogP contribution >= 0.6 is 12.4 Å². The predicted molar refractivity (Wildman–Crippen MR) is 79.0 cm³/mol. The molecule has 1 aromatic rings. The lowest BCUT2D eigenvalue weighted by atomic mass is 9.95. The van der Waals surface area contributed by atoms with Crippen LogP contribution in [0.1, 0.15) is 37.8 Å². The fourth-order valence-corrected chi connectivity index (χ4v) is 2.50. The van der Waals surface area contributed by atoms with Crippen molar-refractivity contribution in [1.82, 2.24) is 5.32 Å². The third-order valence-corrected chi connectivity index (χ3v) is 4.10. The second-order valence-corrected chi connectivity index (χ2v) is 5.67. The molecular weight excluding hydrogens is 319 g/mol. The largest absolute Gasteiger partial charge is 0.480 e. The van der Waals surface area contributed by atoms with Crippen LogP contribution in [0, 0.1) is 5.41 Å². The summed E-state index contributed by atoms with van der Waals surface area (Å²) in [5.41, 5.74) is -0.972. The fraction of sp³-hybridized carbons (Fsp3) is 0.533. The molecule has 1 aromatic carbocycles. The monoisotopic (exact) mass is 337 g/mol. The van der Waals surface area contributed by atoms with E-state index < -0.39 is 30.0 Å². The molecule has 124 valence electrons. The van der Waals surface area contributed by atoms with Crippen LogP contribution in [-0.2, 0) is 4.79 Å². The lowest BCUT2D eigenvalue weighted by Crippen LogP contribution is -2.42. The van der Waals surface area contributed by atoms with Gasteiger partial charge in [-0.1, -0.05) is 30.3 Å². The van der Waals surface area contributed by atoms with Gasteiger partial charge >= 0.3 is 12.1 Å². The number of hydrogen-bond donors (Lipinski definition) is 2. The smallest absolute Gasteiger partial charge is 0.394 e. The van der Waals surface area contributed by atoms with Crippen molar-refractivity contribution in [2.24, 2.45) is 5.41 Å². The van der Waals surface area contributed by atoms with E-state index in [1.54, 1.807) is 19.1 Å². The summed E-state index contributed by atoms with van der Waals surface area (Å²) >= 11 is 0. The van der Waals surface area contributed by atoms with Gasteiger partial charge < -0.3 is 5.11 Å². The molecule has 2 N–H and O–H groups in total. The lowest BCUT2D eigenvalue weighted by Gasteiger charge is -2.26. The zero-order chi connectivity index (χ0) is 15.7. The second-order valence-electron chi connectivity index (χ2n) is 5.67. The summed E-state index contributed by atoms with van der Waals surface area (Å²) in [4.78, 5) is 11.3. The second kappa shape index (κ2) is 6.87. The molecule has 0 heterocycles. The van der Waals surface area contributed by atoms with Crippen molar-refractivity contribution in [2.45, 2.75) is 44.4 Å². The Morgan fingerprint density at radius 2 is 1.86 bits per heavy atom. The quantitative estimate of drug-likeness (QED) is 0.826. The molecule has 1 aliphatic carbocycles. The maximum absolute atomic E-state index is 13.0. The molecule has 0 unspecified atom stereocenters. The van der Waals surface area contributed by atoms with Gasteiger partial charge in [-0.15, -0.1) is 12.4 Å². The highest BCUT2D eigenvalue weighted by atomic mass is 35.5. The molecular formula is C15H19ClF3NO2. The van der Waals surface area contributed by atoms with Crippen molar-refractivity contribution < 1.29 is 23.1 Å². The van der Waals surface area contributed by atoms with Crippen LogP contribution in [0.5, 0.6) is 0 Å². The summed E-state index contributed by atoms with van der Waals surface area (Å²) in [5.74, 6) is -1.24. The van der Waals surface area contributed by atoms with E-state index in [1.807, 2.05) is 18.2 Å². The molecule has 2 rings (SSSR count). The average Bonchev–Trinajstić information content (AvgIpc) is 3.19. The molecule has 0 amide bonds. The molecule has 7 heteroatoms. The molecule has 0 radical (unpaired) electrons. The maximum atomic E-state index is 13.0. The minimum Gasteiger partial charge on any atom is -0.480 e. The molecule has 3 nitrogen and oxygen atoms in total. The van der Waals surface area contributed by atoms with Gasteiger partial charge in [0.15, 0.2) is 0 Å². The van der Waals surface area contributed by atoms with Crippen LogP contribution in [-0.4, -0.2) is 23.3 Å².